The average molecular weight is 317 g/mol. The summed E-state index contributed by atoms with van der Waals surface area (Å²) in [6.07, 6.45) is 2.38. The minimum Gasteiger partial charge on any atom is -0.369 e. The Morgan fingerprint density at radius 1 is 0.842 bits per heavy atom. The van der Waals surface area contributed by atoms with Gasteiger partial charge in [0, 0.05) is 11.9 Å². The molecule has 2 aromatic carbocycles. The van der Waals surface area contributed by atoms with E-state index in [4.69, 9.17) is 4.74 Å². The van der Waals surface area contributed by atoms with Crippen molar-refractivity contribution in [2.75, 3.05) is 11.9 Å². The summed E-state index contributed by atoms with van der Waals surface area (Å²) in [6, 6.07) is 17.1. The van der Waals surface area contributed by atoms with E-state index in [1.165, 1.54) is 22.3 Å². The Morgan fingerprint density at radius 3 is 2.00 bits per heavy atom. The van der Waals surface area contributed by atoms with Crippen LogP contribution in [0.5, 0.6) is 0 Å². The van der Waals surface area contributed by atoms with Crippen LogP contribution in [0.25, 0.3) is 11.1 Å². The number of hydrogen-bond acceptors (Lipinski definition) is 1. The maximum atomic E-state index is 6.14. The first kappa shape index (κ1) is 12.9. The van der Waals surface area contributed by atoms with Gasteiger partial charge in [0.15, 0.2) is 0 Å². The Kier molecular flexibility index (Phi) is 4.00. The van der Waals surface area contributed by atoms with Crippen molar-refractivity contribution in [3.8, 4) is 11.1 Å². The number of halogens is 1. The van der Waals surface area contributed by atoms with Crippen LogP contribution in [-0.4, -0.2) is 11.9 Å². The third kappa shape index (κ3) is 2.47. The minimum absolute atomic E-state index is 0.114. The highest BCUT2D eigenvalue weighted by Gasteiger charge is 2.28. The van der Waals surface area contributed by atoms with E-state index in [2.05, 4.69) is 64.5 Å². The molecular formula is C17H17BrO. The first-order chi connectivity index (χ1) is 9.42. The van der Waals surface area contributed by atoms with E-state index in [-0.39, 0.29) is 6.10 Å². The zero-order valence-corrected chi connectivity index (χ0v) is 12.4. The van der Waals surface area contributed by atoms with Gasteiger partial charge in [-0.3, -0.25) is 0 Å². The van der Waals surface area contributed by atoms with Crippen LogP contribution in [0.4, 0.5) is 0 Å². The first-order valence-corrected chi connectivity index (χ1v) is 7.90. The Balaban J connectivity index is 1.87. The van der Waals surface area contributed by atoms with Gasteiger partial charge >= 0.3 is 0 Å². The number of alkyl halides is 1. The highest BCUT2D eigenvalue weighted by molar-refractivity contribution is 9.09. The molecule has 0 fully saturated rings. The highest BCUT2D eigenvalue weighted by atomic mass is 79.9. The third-order valence-electron chi connectivity index (χ3n) is 3.59. The van der Waals surface area contributed by atoms with Crippen LogP contribution in [-0.2, 0) is 4.74 Å². The molecule has 98 valence electrons. The first-order valence-electron chi connectivity index (χ1n) is 6.77. The van der Waals surface area contributed by atoms with Crippen LogP contribution in [0.3, 0.4) is 0 Å². The van der Waals surface area contributed by atoms with E-state index in [9.17, 15) is 0 Å². The standard InChI is InChI=1S/C17H17BrO/c18-11-5-6-12-19-17-15-9-3-1-7-13(15)14-8-2-4-10-16(14)17/h1-4,7-10,17H,5-6,11-12H2. The van der Waals surface area contributed by atoms with E-state index >= 15 is 0 Å². The van der Waals surface area contributed by atoms with Gasteiger partial charge < -0.3 is 4.74 Å². The fourth-order valence-corrected chi connectivity index (χ4v) is 3.08. The smallest absolute Gasteiger partial charge is 0.109 e. The summed E-state index contributed by atoms with van der Waals surface area (Å²) in [7, 11) is 0. The van der Waals surface area contributed by atoms with Gasteiger partial charge in [0.2, 0.25) is 0 Å². The van der Waals surface area contributed by atoms with E-state index in [1.807, 2.05) is 0 Å². The predicted molar refractivity (Wildman–Crippen MR) is 82.7 cm³/mol. The summed E-state index contributed by atoms with van der Waals surface area (Å²) >= 11 is 3.46. The topological polar surface area (TPSA) is 9.23 Å². The number of benzene rings is 2. The molecule has 0 spiro atoms. The lowest BCUT2D eigenvalue weighted by Crippen LogP contribution is -2.04. The lowest BCUT2D eigenvalue weighted by atomic mass is 10.1. The fraction of sp³-hybridized carbons (Fsp3) is 0.294. The predicted octanol–water partition coefficient (Wildman–Crippen LogP) is 4.95. The molecule has 0 bridgehead atoms. The van der Waals surface area contributed by atoms with Crippen molar-refractivity contribution < 1.29 is 4.74 Å². The van der Waals surface area contributed by atoms with Crippen LogP contribution < -0.4 is 0 Å². The molecule has 3 rings (SSSR count). The lowest BCUT2D eigenvalue weighted by molar-refractivity contribution is 0.0809. The maximum Gasteiger partial charge on any atom is 0.109 e. The summed E-state index contributed by atoms with van der Waals surface area (Å²) in [5.74, 6) is 0. The Hall–Kier alpha value is -1.12. The highest BCUT2D eigenvalue weighted by Crippen LogP contribution is 2.44. The van der Waals surface area contributed by atoms with Crippen molar-refractivity contribution in [2.45, 2.75) is 18.9 Å². The van der Waals surface area contributed by atoms with Gasteiger partial charge in [0.05, 0.1) is 0 Å². The SMILES string of the molecule is BrCCCCOC1c2ccccc2-c2ccccc21. The van der Waals surface area contributed by atoms with Crippen LogP contribution in [0.2, 0.25) is 0 Å². The van der Waals surface area contributed by atoms with Crippen LogP contribution >= 0.6 is 15.9 Å². The Morgan fingerprint density at radius 2 is 1.42 bits per heavy atom. The van der Waals surface area contributed by atoms with Crippen molar-refractivity contribution >= 4 is 15.9 Å². The van der Waals surface area contributed by atoms with Gasteiger partial charge in [-0.1, -0.05) is 64.5 Å². The summed E-state index contributed by atoms with van der Waals surface area (Å²) in [5.41, 5.74) is 5.26. The second-order valence-corrected chi connectivity index (χ2v) is 5.61. The van der Waals surface area contributed by atoms with E-state index in [0.29, 0.717) is 0 Å². The van der Waals surface area contributed by atoms with Gasteiger partial charge in [0.1, 0.15) is 6.10 Å². The summed E-state index contributed by atoms with van der Waals surface area (Å²) in [6.45, 7) is 0.818. The molecule has 0 radical (unpaired) electrons. The van der Waals surface area contributed by atoms with Crippen LogP contribution in [0.15, 0.2) is 48.5 Å². The minimum atomic E-state index is 0.114. The second kappa shape index (κ2) is 5.89. The van der Waals surface area contributed by atoms with Gasteiger partial charge in [-0.2, -0.15) is 0 Å². The quantitative estimate of drug-likeness (QED) is 0.560. The van der Waals surface area contributed by atoms with Crippen molar-refractivity contribution in [3.63, 3.8) is 0 Å². The number of ether oxygens (including phenoxy) is 1. The van der Waals surface area contributed by atoms with Gasteiger partial charge in [-0.05, 0) is 35.1 Å². The largest absolute Gasteiger partial charge is 0.369 e. The molecule has 0 aliphatic heterocycles. The molecular weight excluding hydrogens is 300 g/mol. The number of unbranched alkanes of at least 4 members (excludes halogenated alkanes) is 1. The molecule has 2 aromatic rings. The molecule has 19 heavy (non-hydrogen) atoms. The van der Waals surface area contributed by atoms with Gasteiger partial charge in [0.25, 0.3) is 0 Å². The zero-order chi connectivity index (χ0) is 13.1. The van der Waals surface area contributed by atoms with Crippen molar-refractivity contribution in [3.05, 3.63) is 59.7 Å². The molecule has 0 unspecified atom stereocenters. The summed E-state index contributed by atoms with van der Waals surface area (Å²) in [4.78, 5) is 0. The van der Waals surface area contributed by atoms with Gasteiger partial charge in [-0.15, -0.1) is 0 Å². The average Bonchev–Trinajstić information content (AvgIpc) is 2.78. The second-order valence-electron chi connectivity index (χ2n) is 4.82. The molecule has 0 N–H and O–H groups in total. The maximum absolute atomic E-state index is 6.14. The molecule has 0 saturated carbocycles. The number of hydrogen-bond donors (Lipinski definition) is 0. The fourth-order valence-electron chi connectivity index (χ4n) is 2.69. The zero-order valence-electron chi connectivity index (χ0n) is 10.8. The van der Waals surface area contributed by atoms with Crippen molar-refractivity contribution in [1.29, 1.82) is 0 Å². The third-order valence-corrected chi connectivity index (χ3v) is 4.15. The molecule has 0 amide bonds. The Bertz CT molecular complexity index is 519. The van der Waals surface area contributed by atoms with Crippen molar-refractivity contribution in [1.82, 2.24) is 0 Å². The van der Waals surface area contributed by atoms with Crippen LogP contribution in [0, 0.1) is 0 Å². The molecule has 0 aromatic heterocycles. The molecule has 1 aliphatic carbocycles. The normalized spacial score (nSPS) is 13.3. The van der Waals surface area contributed by atoms with E-state index in [0.717, 1.165) is 24.8 Å². The van der Waals surface area contributed by atoms with Crippen LogP contribution in [0.1, 0.15) is 30.1 Å². The molecule has 1 nitrogen and oxygen atoms in total. The van der Waals surface area contributed by atoms with E-state index in [1.54, 1.807) is 0 Å². The van der Waals surface area contributed by atoms with Crippen molar-refractivity contribution in [2.24, 2.45) is 0 Å². The van der Waals surface area contributed by atoms with E-state index < -0.39 is 0 Å². The monoisotopic (exact) mass is 316 g/mol. The molecule has 0 saturated heterocycles. The molecule has 0 atom stereocenters. The number of fused-ring (bicyclic) bond motifs is 3. The molecule has 0 heterocycles. The Labute approximate surface area is 122 Å². The molecule has 2 heteroatoms. The molecule has 1 aliphatic rings. The lowest BCUT2D eigenvalue weighted by Gasteiger charge is -2.14. The number of rotatable bonds is 5. The van der Waals surface area contributed by atoms with Gasteiger partial charge in [-0.25, -0.2) is 0 Å². The summed E-state index contributed by atoms with van der Waals surface area (Å²) < 4.78 is 6.14. The summed E-state index contributed by atoms with van der Waals surface area (Å²) in [5, 5.41) is 1.05.